The first kappa shape index (κ1) is 29.4. The molecular weight excluding hydrogens is 537 g/mol. The first-order chi connectivity index (χ1) is 17.4. The van der Waals surface area contributed by atoms with E-state index in [4.69, 9.17) is 27.9 Å². The lowest BCUT2D eigenvalue weighted by Gasteiger charge is -2.48. The number of morpholine rings is 1. The molecule has 37 heavy (non-hydrogen) atoms. The van der Waals surface area contributed by atoms with E-state index in [2.05, 4.69) is 0 Å². The molecule has 1 fully saturated rings. The molecule has 1 aliphatic heterocycles. The van der Waals surface area contributed by atoms with Gasteiger partial charge in [0.2, 0.25) is 0 Å². The van der Waals surface area contributed by atoms with Gasteiger partial charge in [-0.25, -0.2) is 8.42 Å². The number of ether oxygens (including phenoxy) is 1. The molecule has 1 saturated heterocycles. The van der Waals surface area contributed by atoms with Gasteiger partial charge in [-0.05, 0) is 54.7 Å². The van der Waals surface area contributed by atoms with Gasteiger partial charge in [0, 0.05) is 16.1 Å². The van der Waals surface area contributed by atoms with Gasteiger partial charge in [-0.1, -0.05) is 68.2 Å². The summed E-state index contributed by atoms with van der Waals surface area (Å²) in [6.45, 7) is 7.18. The van der Waals surface area contributed by atoms with E-state index in [-0.39, 0.29) is 11.7 Å². The highest BCUT2D eigenvalue weighted by Gasteiger charge is 2.48. The van der Waals surface area contributed by atoms with Crippen LogP contribution in [0.5, 0.6) is 0 Å². The van der Waals surface area contributed by atoms with E-state index in [1.807, 2.05) is 20.8 Å². The summed E-state index contributed by atoms with van der Waals surface area (Å²) >= 11 is 12.4. The zero-order valence-electron chi connectivity index (χ0n) is 21.3. The number of rotatable bonds is 10. The summed E-state index contributed by atoms with van der Waals surface area (Å²) in [5.41, 5.74) is 1.33. The Morgan fingerprint density at radius 1 is 1.05 bits per heavy atom. The van der Waals surface area contributed by atoms with Crippen molar-refractivity contribution in [2.75, 3.05) is 5.75 Å². The number of carboxylic acids is 1. The number of benzene rings is 2. The van der Waals surface area contributed by atoms with Gasteiger partial charge < -0.3 is 14.7 Å². The van der Waals surface area contributed by atoms with Crippen LogP contribution < -0.4 is 0 Å². The molecule has 1 heterocycles. The summed E-state index contributed by atoms with van der Waals surface area (Å²) in [7, 11) is -3.58. The molecule has 0 unspecified atom stereocenters. The molecule has 7 nitrogen and oxygen atoms in total. The number of carboxylic acid groups (broad SMARTS) is 1. The highest BCUT2D eigenvalue weighted by molar-refractivity contribution is 7.92. The fourth-order valence-corrected chi connectivity index (χ4v) is 7.02. The van der Waals surface area contributed by atoms with Gasteiger partial charge in [0.25, 0.3) is 5.91 Å². The molecule has 0 radical (unpaired) electrons. The number of carbonyl (C=O) groups excluding carboxylic acids is 1. The second-order valence-electron chi connectivity index (χ2n) is 9.78. The number of amides is 1. The number of hydrogen-bond acceptors (Lipinski definition) is 5. The van der Waals surface area contributed by atoms with Gasteiger partial charge in [0.1, 0.15) is 12.2 Å². The van der Waals surface area contributed by atoms with Gasteiger partial charge >= 0.3 is 5.97 Å². The number of nitrogens with zero attached hydrogens (tertiary/aromatic N) is 1. The van der Waals surface area contributed by atoms with Crippen molar-refractivity contribution < 1.29 is 27.9 Å². The summed E-state index contributed by atoms with van der Waals surface area (Å²) in [5, 5.41) is 9.87. The van der Waals surface area contributed by atoms with E-state index in [1.165, 1.54) is 4.90 Å². The highest BCUT2D eigenvalue weighted by Crippen LogP contribution is 2.45. The molecule has 10 heteroatoms. The summed E-state index contributed by atoms with van der Waals surface area (Å²) in [4.78, 5) is 27.0. The third kappa shape index (κ3) is 6.85. The zero-order chi connectivity index (χ0) is 27.5. The monoisotopic (exact) mass is 569 g/mol. The lowest BCUT2D eigenvalue weighted by atomic mass is 9.89. The Morgan fingerprint density at radius 3 is 2.24 bits per heavy atom. The van der Waals surface area contributed by atoms with Crippen molar-refractivity contribution >= 4 is 44.9 Å². The fraction of sp³-hybridized carbons (Fsp3) is 0.481. The summed E-state index contributed by atoms with van der Waals surface area (Å²) in [6, 6.07) is 12.4. The Hall–Kier alpha value is -2.13. The molecule has 1 aliphatic rings. The second-order valence-corrected chi connectivity index (χ2v) is 13.1. The van der Waals surface area contributed by atoms with E-state index in [0.717, 1.165) is 0 Å². The van der Waals surface area contributed by atoms with Crippen LogP contribution in [0, 0.1) is 5.92 Å². The largest absolute Gasteiger partial charge is 0.481 e. The first-order valence-corrected chi connectivity index (χ1v) is 14.7. The second kappa shape index (κ2) is 12.2. The van der Waals surface area contributed by atoms with E-state index >= 15 is 0 Å². The van der Waals surface area contributed by atoms with Crippen LogP contribution in [0.25, 0.3) is 0 Å². The van der Waals surface area contributed by atoms with Gasteiger partial charge in [0.05, 0.1) is 23.5 Å². The van der Waals surface area contributed by atoms with Crippen LogP contribution in [0.3, 0.4) is 0 Å². The van der Waals surface area contributed by atoms with Crippen LogP contribution >= 0.6 is 23.2 Å². The van der Waals surface area contributed by atoms with Gasteiger partial charge in [0.15, 0.2) is 9.84 Å². The molecule has 0 aromatic heterocycles. The Morgan fingerprint density at radius 2 is 1.70 bits per heavy atom. The molecule has 0 aliphatic carbocycles. The topological polar surface area (TPSA) is 101 Å². The summed E-state index contributed by atoms with van der Waals surface area (Å²) in [5.74, 6) is -2.10. The van der Waals surface area contributed by atoms with Crippen LogP contribution in [-0.2, 0) is 24.2 Å². The molecule has 0 spiro atoms. The summed E-state index contributed by atoms with van der Waals surface area (Å²) in [6.07, 6.45) is -2.28. The molecule has 0 saturated carbocycles. The smallest absolute Gasteiger partial charge is 0.306 e. The molecule has 2 aromatic rings. The number of carbonyl (C=O) groups is 2. The standard InChI is InChI=1S/C27H33Cl2NO6S/c1-5-22(15-37(34,35)17(4)16(2)3)30-25(18-9-11-20(28)12-10-18)26(19-7-6-8-21(29)13-19)36-23(27(30)33)14-24(31)32/h6-13,16-17,22-23,25-26H,5,14-15H2,1-4H3,(H,31,32)/t17-,22-,23+,25+,26+/m0/s1. The molecule has 1 amide bonds. The van der Waals surface area contributed by atoms with E-state index < -0.39 is 57.7 Å². The zero-order valence-corrected chi connectivity index (χ0v) is 23.6. The molecule has 3 rings (SSSR count). The van der Waals surface area contributed by atoms with Crippen molar-refractivity contribution in [3.8, 4) is 0 Å². The Bertz CT molecular complexity index is 1220. The van der Waals surface area contributed by atoms with Crippen molar-refractivity contribution in [2.45, 2.75) is 70.1 Å². The van der Waals surface area contributed by atoms with Crippen LogP contribution in [-0.4, -0.2) is 53.4 Å². The maximum atomic E-state index is 13.8. The average Bonchev–Trinajstić information content (AvgIpc) is 2.83. The Balaban J connectivity index is 2.19. The minimum absolute atomic E-state index is 0.103. The number of halogens is 2. The Kier molecular flexibility index (Phi) is 9.67. The molecule has 5 atom stereocenters. The maximum absolute atomic E-state index is 13.8. The third-order valence-electron chi connectivity index (χ3n) is 6.97. The first-order valence-electron chi connectivity index (χ1n) is 12.3. The van der Waals surface area contributed by atoms with Crippen molar-refractivity contribution in [2.24, 2.45) is 5.92 Å². The number of hydrogen-bond donors (Lipinski definition) is 1. The fourth-order valence-electron chi connectivity index (χ4n) is 4.63. The van der Waals surface area contributed by atoms with Crippen molar-refractivity contribution in [3.63, 3.8) is 0 Å². The number of aliphatic carboxylic acids is 1. The lowest BCUT2D eigenvalue weighted by molar-refractivity contribution is -0.182. The van der Waals surface area contributed by atoms with Gasteiger partial charge in [-0.15, -0.1) is 0 Å². The molecule has 1 N–H and O–H groups in total. The van der Waals surface area contributed by atoms with Crippen LogP contribution in [0.4, 0.5) is 0 Å². The van der Waals surface area contributed by atoms with E-state index in [0.29, 0.717) is 27.6 Å². The predicted molar refractivity (Wildman–Crippen MR) is 145 cm³/mol. The van der Waals surface area contributed by atoms with Crippen molar-refractivity contribution in [3.05, 3.63) is 69.7 Å². The number of sulfone groups is 1. The molecule has 2 aromatic carbocycles. The minimum atomic E-state index is -3.58. The van der Waals surface area contributed by atoms with Crippen LogP contribution in [0.1, 0.15) is 63.8 Å². The SMILES string of the molecule is CC[C@@H](CS(=O)(=O)[C@@H](C)C(C)C)N1C(=O)[C@@H](CC(=O)O)O[C@H](c2cccc(Cl)c2)[C@H]1c1ccc(Cl)cc1. The molecular formula is C27H33Cl2NO6S. The average molecular weight is 571 g/mol. The third-order valence-corrected chi connectivity index (χ3v) is 9.98. The Labute approximate surface area is 228 Å². The normalized spacial score (nSPS) is 22.2. The van der Waals surface area contributed by atoms with Crippen LogP contribution in [0.2, 0.25) is 10.0 Å². The van der Waals surface area contributed by atoms with Gasteiger partial charge in [-0.3, -0.25) is 9.59 Å². The highest BCUT2D eigenvalue weighted by atomic mass is 35.5. The van der Waals surface area contributed by atoms with Crippen molar-refractivity contribution in [1.29, 1.82) is 0 Å². The van der Waals surface area contributed by atoms with Crippen molar-refractivity contribution in [1.82, 2.24) is 4.90 Å². The quantitative estimate of drug-likeness (QED) is 0.393. The van der Waals surface area contributed by atoms with E-state index in [1.54, 1.807) is 55.5 Å². The molecule has 0 bridgehead atoms. The maximum Gasteiger partial charge on any atom is 0.306 e. The van der Waals surface area contributed by atoms with Gasteiger partial charge in [-0.2, -0.15) is 0 Å². The van der Waals surface area contributed by atoms with E-state index in [9.17, 15) is 23.1 Å². The predicted octanol–water partition coefficient (Wildman–Crippen LogP) is 5.72. The van der Waals surface area contributed by atoms with Crippen LogP contribution in [0.15, 0.2) is 48.5 Å². The lowest BCUT2D eigenvalue weighted by Crippen LogP contribution is -2.57. The molecule has 202 valence electrons. The summed E-state index contributed by atoms with van der Waals surface area (Å²) < 4.78 is 32.8. The minimum Gasteiger partial charge on any atom is -0.481 e.